The minimum atomic E-state index is -0.782. The molecule has 0 saturated carbocycles. The molecule has 1 aliphatic heterocycles. The number of ether oxygens (including phenoxy) is 2. The van der Waals surface area contributed by atoms with E-state index in [-0.39, 0.29) is 5.57 Å². The van der Waals surface area contributed by atoms with E-state index in [0.29, 0.717) is 27.2 Å². The van der Waals surface area contributed by atoms with Gasteiger partial charge in [0.05, 0.1) is 24.4 Å². The second-order valence-corrected chi connectivity index (χ2v) is 6.84. The van der Waals surface area contributed by atoms with Crippen molar-refractivity contribution in [1.29, 1.82) is 0 Å². The third-order valence-corrected chi connectivity index (χ3v) is 4.81. The number of hydrogen-bond acceptors (Lipinski definition) is 5. The Balaban J connectivity index is 2.07. The zero-order chi connectivity index (χ0) is 20.4. The van der Waals surface area contributed by atoms with Gasteiger partial charge < -0.3 is 9.47 Å². The van der Waals surface area contributed by atoms with Crippen LogP contribution < -0.4 is 19.7 Å². The van der Waals surface area contributed by atoms with Crippen molar-refractivity contribution in [1.82, 2.24) is 5.32 Å². The highest BCUT2D eigenvalue weighted by Gasteiger charge is 2.37. The molecule has 7 nitrogen and oxygen atoms in total. The Morgan fingerprint density at radius 2 is 1.79 bits per heavy atom. The fraction of sp³-hybridized carbons (Fsp3) is 0.150. The molecule has 0 spiro atoms. The Morgan fingerprint density at radius 1 is 1.07 bits per heavy atom. The van der Waals surface area contributed by atoms with Gasteiger partial charge >= 0.3 is 6.03 Å². The maximum Gasteiger partial charge on any atom is 0.335 e. The number of methoxy groups -OCH3 is 2. The second-order valence-electron chi connectivity index (χ2n) is 5.98. The summed E-state index contributed by atoms with van der Waals surface area (Å²) in [4.78, 5) is 38.6. The van der Waals surface area contributed by atoms with Crippen LogP contribution in [0.3, 0.4) is 0 Å². The van der Waals surface area contributed by atoms with Crippen molar-refractivity contribution in [3.8, 4) is 11.5 Å². The van der Waals surface area contributed by atoms with Crippen LogP contribution in [0.15, 0.2) is 46.4 Å². The van der Waals surface area contributed by atoms with Crippen LogP contribution in [0.25, 0.3) is 6.08 Å². The Labute approximate surface area is 170 Å². The maximum absolute atomic E-state index is 13.0. The first-order chi connectivity index (χ1) is 13.4. The van der Waals surface area contributed by atoms with Gasteiger partial charge in [-0.2, -0.15) is 0 Å². The number of aryl methyl sites for hydroxylation is 1. The number of rotatable bonds is 4. The van der Waals surface area contributed by atoms with E-state index in [4.69, 9.17) is 9.47 Å². The fourth-order valence-electron chi connectivity index (χ4n) is 2.88. The Hall–Kier alpha value is -3.13. The lowest BCUT2D eigenvalue weighted by Crippen LogP contribution is -2.54. The lowest BCUT2D eigenvalue weighted by Gasteiger charge is -2.27. The fourth-order valence-corrected chi connectivity index (χ4v) is 3.50. The molecule has 1 heterocycles. The van der Waals surface area contributed by atoms with Crippen LogP contribution >= 0.6 is 15.9 Å². The van der Waals surface area contributed by atoms with Crippen molar-refractivity contribution >= 4 is 45.5 Å². The molecule has 28 heavy (non-hydrogen) atoms. The number of nitrogens with zero attached hydrogens (tertiary/aromatic N) is 1. The monoisotopic (exact) mass is 444 g/mol. The lowest BCUT2D eigenvalue weighted by atomic mass is 10.1. The number of halogens is 1. The summed E-state index contributed by atoms with van der Waals surface area (Å²) in [6.07, 6.45) is 1.40. The van der Waals surface area contributed by atoms with Crippen molar-refractivity contribution < 1.29 is 23.9 Å². The molecular weight excluding hydrogens is 428 g/mol. The summed E-state index contributed by atoms with van der Waals surface area (Å²) in [7, 11) is 2.99. The van der Waals surface area contributed by atoms with E-state index in [0.717, 1.165) is 10.5 Å². The van der Waals surface area contributed by atoms with Gasteiger partial charge in [0.2, 0.25) is 0 Å². The number of para-hydroxylation sites is 1. The van der Waals surface area contributed by atoms with Crippen molar-refractivity contribution in [3.05, 3.63) is 57.6 Å². The smallest absolute Gasteiger partial charge is 0.335 e. The number of carbonyl (C=O) groups excluding carboxylic acids is 3. The number of anilines is 1. The Kier molecular flexibility index (Phi) is 5.51. The summed E-state index contributed by atoms with van der Waals surface area (Å²) < 4.78 is 11.1. The van der Waals surface area contributed by atoms with Crippen LogP contribution in [0.4, 0.5) is 10.5 Å². The molecule has 0 aliphatic carbocycles. The first-order valence-corrected chi connectivity index (χ1v) is 9.05. The minimum Gasteiger partial charge on any atom is -0.493 e. The molecule has 0 unspecified atom stereocenters. The molecule has 2 aromatic carbocycles. The highest BCUT2D eigenvalue weighted by atomic mass is 79.9. The van der Waals surface area contributed by atoms with Gasteiger partial charge in [0.15, 0.2) is 11.5 Å². The highest BCUT2D eigenvalue weighted by molar-refractivity contribution is 9.10. The standard InChI is InChI=1S/C20H17BrN2O5/c1-11-6-4-5-7-15(11)23-19(25)13(18(24)22-20(23)26)8-12-9-14(21)17(28-3)16(10-12)27-2/h4-10H,1-3H3,(H,22,24,26)/b13-8+. The molecule has 1 N–H and O–H groups in total. The first-order valence-electron chi connectivity index (χ1n) is 8.26. The summed E-state index contributed by atoms with van der Waals surface area (Å²) in [5, 5.41) is 2.21. The molecular formula is C20H17BrN2O5. The van der Waals surface area contributed by atoms with Crippen molar-refractivity contribution in [3.63, 3.8) is 0 Å². The number of carbonyl (C=O) groups is 3. The third-order valence-electron chi connectivity index (χ3n) is 4.22. The zero-order valence-electron chi connectivity index (χ0n) is 15.4. The van der Waals surface area contributed by atoms with E-state index in [2.05, 4.69) is 21.2 Å². The predicted molar refractivity (Wildman–Crippen MR) is 107 cm³/mol. The molecule has 1 fully saturated rings. The predicted octanol–water partition coefficient (Wildman–Crippen LogP) is 3.44. The zero-order valence-corrected chi connectivity index (χ0v) is 17.0. The van der Waals surface area contributed by atoms with E-state index < -0.39 is 17.8 Å². The topological polar surface area (TPSA) is 84.9 Å². The summed E-state index contributed by atoms with van der Waals surface area (Å²) in [5.41, 5.74) is 1.51. The van der Waals surface area contributed by atoms with Gasteiger partial charge in [-0.25, -0.2) is 9.69 Å². The molecule has 1 aliphatic rings. The molecule has 144 valence electrons. The van der Waals surface area contributed by atoms with Gasteiger partial charge in [-0.05, 0) is 58.3 Å². The normalized spacial score (nSPS) is 15.6. The number of amides is 4. The molecule has 2 aromatic rings. The molecule has 0 radical (unpaired) electrons. The van der Waals surface area contributed by atoms with Crippen LogP contribution in [0.1, 0.15) is 11.1 Å². The molecule has 8 heteroatoms. The van der Waals surface area contributed by atoms with Crippen LogP contribution in [-0.4, -0.2) is 32.1 Å². The Morgan fingerprint density at radius 3 is 2.43 bits per heavy atom. The average molecular weight is 445 g/mol. The van der Waals surface area contributed by atoms with Gasteiger partial charge in [0, 0.05) is 0 Å². The number of nitrogens with one attached hydrogen (secondary N) is 1. The quantitative estimate of drug-likeness (QED) is 0.576. The van der Waals surface area contributed by atoms with E-state index >= 15 is 0 Å². The van der Waals surface area contributed by atoms with E-state index in [1.807, 2.05) is 0 Å². The Bertz CT molecular complexity index is 1020. The number of imide groups is 2. The molecule has 3 rings (SSSR count). The van der Waals surface area contributed by atoms with Crippen molar-refractivity contribution in [2.45, 2.75) is 6.92 Å². The number of benzene rings is 2. The minimum absolute atomic E-state index is 0.165. The lowest BCUT2D eigenvalue weighted by molar-refractivity contribution is -0.122. The van der Waals surface area contributed by atoms with E-state index in [1.54, 1.807) is 43.3 Å². The summed E-state index contributed by atoms with van der Waals surface area (Å²) in [6, 6.07) is 9.47. The number of urea groups is 1. The second kappa shape index (κ2) is 7.85. The number of barbiturate groups is 1. The van der Waals surface area contributed by atoms with Gasteiger partial charge in [0.25, 0.3) is 11.8 Å². The van der Waals surface area contributed by atoms with Crippen molar-refractivity contribution in [2.75, 3.05) is 19.1 Å². The van der Waals surface area contributed by atoms with Gasteiger partial charge in [-0.1, -0.05) is 18.2 Å². The van der Waals surface area contributed by atoms with Crippen LogP contribution in [-0.2, 0) is 9.59 Å². The average Bonchev–Trinajstić information content (AvgIpc) is 2.66. The first kappa shape index (κ1) is 19.6. The van der Waals surface area contributed by atoms with E-state index in [1.165, 1.54) is 20.3 Å². The maximum atomic E-state index is 13.0. The third kappa shape index (κ3) is 3.50. The summed E-state index contributed by atoms with van der Waals surface area (Å²) in [5.74, 6) is -0.542. The van der Waals surface area contributed by atoms with Crippen LogP contribution in [0, 0.1) is 6.92 Å². The van der Waals surface area contributed by atoms with Crippen LogP contribution in [0.5, 0.6) is 11.5 Å². The molecule has 0 atom stereocenters. The van der Waals surface area contributed by atoms with E-state index in [9.17, 15) is 14.4 Å². The molecule has 0 bridgehead atoms. The summed E-state index contributed by atoms with van der Waals surface area (Å²) >= 11 is 3.38. The van der Waals surface area contributed by atoms with Crippen LogP contribution in [0.2, 0.25) is 0 Å². The molecule has 0 aromatic heterocycles. The van der Waals surface area contributed by atoms with Crippen molar-refractivity contribution in [2.24, 2.45) is 0 Å². The van der Waals surface area contributed by atoms with Gasteiger partial charge in [-0.3, -0.25) is 14.9 Å². The van der Waals surface area contributed by atoms with Gasteiger partial charge in [-0.15, -0.1) is 0 Å². The SMILES string of the molecule is COc1cc(/C=C2\C(=O)NC(=O)N(c3ccccc3C)C2=O)cc(Br)c1OC. The number of hydrogen-bond donors (Lipinski definition) is 1. The molecule has 1 saturated heterocycles. The molecule has 4 amide bonds. The largest absolute Gasteiger partial charge is 0.493 e. The highest BCUT2D eigenvalue weighted by Crippen LogP contribution is 2.37. The summed E-state index contributed by atoms with van der Waals surface area (Å²) in [6.45, 7) is 1.78. The van der Waals surface area contributed by atoms with Gasteiger partial charge in [0.1, 0.15) is 5.57 Å².